The number of sulfonamides is 1. The molecule has 3 aromatic rings. The second-order valence-corrected chi connectivity index (χ2v) is 13.3. The van der Waals surface area contributed by atoms with Crippen molar-refractivity contribution in [1.29, 1.82) is 0 Å². The van der Waals surface area contributed by atoms with E-state index in [4.69, 9.17) is 32.5 Å². The average molecular weight is 639 g/mol. The molecule has 1 aromatic heterocycles. The Morgan fingerprint density at radius 1 is 1.19 bits per heavy atom. The number of fused-ring (bicyclic) bond motifs is 1. The van der Waals surface area contributed by atoms with Crippen LogP contribution in [0.3, 0.4) is 0 Å². The van der Waals surface area contributed by atoms with Crippen molar-refractivity contribution in [3.63, 3.8) is 0 Å². The van der Waals surface area contributed by atoms with Gasteiger partial charge in [-0.2, -0.15) is 0 Å². The summed E-state index contributed by atoms with van der Waals surface area (Å²) in [6.45, 7) is 5.30. The predicted octanol–water partition coefficient (Wildman–Crippen LogP) is 3.22. The van der Waals surface area contributed by atoms with Crippen LogP contribution in [0.15, 0.2) is 47.4 Å². The second kappa shape index (κ2) is 11.0. The van der Waals surface area contributed by atoms with E-state index in [9.17, 15) is 27.5 Å². The zero-order valence-corrected chi connectivity index (χ0v) is 25.1. The van der Waals surface area contributed by atoms with E-state index in [1.165, 1.54) is 31.2 Å². The number of rotatable bonds is 7. The zero-order valence-electron chi connectivity index (χ0n) is 23.5. The van der Waals surface area contributed by atoms with E-state index >= 15 is 4.39 Å². The molecular formula is C28H29ClF2N4O7S. The highest BCUT2D eigenvalue weighted by Crippen LogP contribution is 2.47. The summed E-state index contributed by atoms with van der Waals surface area (Å²) in [5.74, 6) is -2.95. The number of nitrogens with zero attached hydrogens (tertiary/aromatic N) is 1. The van der Waals surface area contributed by atoms with Gasteiger partial charge in [-0.25, -0.2) is 31.7 Å². The van der Waals surface area contributed by atoms with Crippen molar-refractivity contribution >= 4 is 33.6 Å². The molecule has 1 aliphatic rings. The summed E-state index contributed by atoms with van der Waals surface area (Å²) in [7, 11) is -4.49. The molecule has 0 spiro atoms. The summed E-state index contributed by atoms with van der Waals surface area (Å²) in [4.78, 5) is 28.7. The number of hydrogen-bond acceptors (Lipinski definition) is 9. The number of benzene rings is 2. The second-order valence-electron chi connectivity index (χ2n) is 11.2. The lowest BCUT2D eigenvalue weighted by molar-refractivity contribution is -0.123. The number of nitrogens with two attached hydrogens (primary N) is 2. The van der Waals surface area contributed by atoms with Crippen LogP contribution in [0.2, 0.25) is 5.02 Å². The molecule has 0 radical (unpaired) electrons. The van der Waals surface area contributed by atoms with Gasteiger partial charge >= 0.3 is 6.09 Å². The van der Waals surface area contributed by atoms with Gasteiger partial charge in [-0.3, -0.25) is 4.79 Å². The minimum Gasteiger partial charge on any atom is -0.489 e. The molecule has 2 heterocycles. The minimum absolute atomic E-state index is 0.0520. The Balaban J connectivity index is 1.91. The maximum atomic E-state index is 15.1. The first-order chi connectivity index (χ1) is 19.8. The Labute approximate surface area is 251 Å². The van der Waals surface area contributed by atoms with Crippen LogP contribution in [0, 0.1) is 11.6 Å². The average Bonchev–Trinajstić information content (AvgIpc) is 3.26. The molecule has 11 nitrogen and oxygen atoms in total. The number of carbonyl (C=O) groups is 2. The molecule has 2 atom stereocenters. The van der Waals surface area contributed by atoms with Gasteiger partial charge < -0.3 is 26.0 Å². The van der Waals surface area contributed by atoms with Crippen molar-refractivity contribution in [1.82, 2.24) is 9.71 Å². The summed E-state index contributed by atoms with van der Waals surface area (Å²) in [6.07, 6.45) is -1.22. The number of halogens is 3. The van der Waals surface area contributed by atoms with E-state index in [0.29, 0.717) is 6.07 Å². The maximum absolute atomic E-state index is 15.1. The fourth-order valence-electron chi connectivity index (χ4n) is 4.44. The topological polar surface area (TPSA) is 184 Å². The number of hydrogen-bond donors (Lipinski definition) is 4. The maximum Gasteiger partial charge on any atom is 0.421 e. The van der Waals surface area contributed by atoms with Gasteiger partial charge in [0.25, 0.3) is 10.0 Å². The fourth-order valence-corrected chi connectivity index (χ4v) is 5.53. The van der Waals surface area contributed by atoms with Gasteiger partial charge in [0.1, 0.15) is 46.3 Å². The largest absolute Gasteiger partial charge is 0.489 e. The molecule has 43 heavy (non-hydrogen) atoms. The Kier molecular flexibility index (Phi) is 8.21. The van der Waals surface area contributed by atoms with Crippen molar-refractivity contribution in [3.05, 3.63) is 75.9 Å². The van der Waals surface area contributed by atoms with Crippen LogP contribution in [0.4, 0.5) is 13.6 Å². The number of primary amides is 1. The third kappa shape index (κ3) is 6.00. The first-order valence-corrected chi connectivity index (χ1v) is 14.6. The molecule has 0 fully saturated rings. The van der Waals surface area contributed by atoms with Gasteiger partial charge in [0, 0.05) is 23.7 Å². The van der Waals surface area contributed by atoms with Crippen molar-refractivity contribution in [2.45, 2.75) is 49.2 Å². The van der Waals surface area contributed by atoms with Crippen molar-refractivity contribution in [2.24, 2.45) is 11.5 Å². The summed E-state index contributed by atoms with van der Waals surface area (Å²) in [5, 5.41) is 11.5. The van der Waals surface area contributed by atoms with Gasteiger partial charge in [0.05, 0.1) is 15.6 Å². The Morgan fingerprint density at radius 3 is 2.47 bits per heavy atom. The monoisotopic (exact) mass is 638 g/mol. The fraction of sp³-hybridized carbons (Fsp3) is 0.321. The van der Waals surface area contributed by atoms with Crippen LogP contribution in [-0.4, -0.2) is 49.3 Å². The van der Waals surface area contributed by atoms with Crippen LogP contribution in [0.25, 0.3) is 11.3 Å². The highest BCUT2D eigenvalue weighted by Gasteiger charge is 2.46. The summed E-state index contributed by atoms with van der Waals surface area (Å²) < 4.78 is 67.6. The summed E-state index contributed by atoms with van der Waals surface area (Å²) in [6, 6.07) is 7.69. The number of carbonyl (C=O) groups excluding carboxylic acids is 2. The molecule has 0 saturated carbocycles. The van der Waals surface area contributed by atoms with Gasteiger partial charge in [0.2, 0.25) is 5.91 Å². The van der Waals surface area contributed by atoms with E-state index in [2.05, 4.69) is 4.98 Å². The highest BCUT2D eigenvalue weighted by molar-refractivity contribution is 7.90. The molecule has 4 rings (SSSR count). The Hall–Kier alpha value is -3.85. The molecule has 6 N–H and O–H groups in total. The van der Waals surface area contributed by atoms with Crippen molar-refractivity contribution in [3.8, 4) is 17.0 Å². The van der Waals surface area contributed by atoms with Crippen LogP contribution >= 0.6 is 11.6 Å². The van der Waals surface area contributed by atoms with E-state index in [1.807, 2.05) is 0 Å². The lowest BCUT2D eigenvalue weighted by atomic mass is 9.81. The van der Waals surface area contributed by atoms with Gasteiger partial charge in [-0.1, -0.05) is 23.7 Å². The molecule has 2 amide bonds. The molecule has 15 heteroatoms. The lowest BCUT2D eigenvalue weighted by Gasteiger charge is -2.29. The first-order valence-electron chi connectivity index (χ1n) is 12.7. The smallest absolute Gasteiger partial charge is 0.421 e. The molecule has 1 aliphatic heterocycles. The molecule has 0 saturated heterocycles. The normalized spacial score (nSPS) is 17.9. The first kappa shape index (κ1) is 32.1. The third-order valence-electron chi connectivity index (χ3n) is 6.84. The van der Waals surface area contributed by atoms with Crippen LogP contribution in [0.1, 0.15) is 44.5 Å². The van der Waals surface area contributed by atoms with Gasteiger partial charge in [0.15, 0.2) is 0 Å². The number of aliphatic hydroxyl groups is 1. The number of nitrogens with one attached hydrogen (secondary N) is 1. The molecular weight excluding hydrogens is 610 g/mol. The standard InChI is InChI=1S/C28H29ClF2N4O7S/c1-26(2,3)42-25(37)35-43(39,40)15-7-5-6-14(8-15)28(38,12-32)21-10-17-23(41-13-27(17,4)24(33)36)22(34-21)16-9-18(29)20(31)11-19(16)30/h5-11,38H,12-13,32H2,1-4H3,(H2,33,36)(H,35,37)/t27-,28+/m0/s1. The van der Waals surface area contributed by atoms with Crippen LogP contribution in [-0.2, 0) is 30.6 Å². The summed E-state index contributed by atoms with van der Waals surface area (Å²) >= 11 is 5.93. The predicted molar refractivity (Wildman–Crippen MR) is 152 cm³/mol. The SMILES string of the molecule is CC(C)(C)OC(=O)NS(=O)(=O)c1cccc([C@](O)(CN)c2cc3c(c(-c4cc(Cl)c(F)cc4F)n2)OC[C@]3(C)C(N)=O)c1. The third-order valence-corrected chi connectivity index (χ3v) is 8.44. The number of ether oxygens (including phenoxy) is 2. The van der Waals surface area contributed by atoms with E-state index in [-0.39, 0.29) is 40.4 Å². The quantitative estimate of drug-likeness (QED) is 0.282. The van der Waals surface area contributed by atoms with Crippen molar-refractivity contribution < 1.29 is 41.4 Å². The molecule has 2 aromatic carbocycles. The van der Waals surface area contributed by atoms with E-state index in [1.54, 1.807) is 25.5 Å². The zero-order chi connectivity index (χ0) is 32.1. The Bertz CT molecular complexity index is 1750. The minimum atomic E-state index is -4.49. The van der Waals surface area contributed by atoms with E-state index < -0.39 is 66.7 Å². The molecule has 0 unspecified atom stereocenters. The van der Waals surface area contributed by atoms with Gasteiger partial charge in [-0.15, -0.1) is 0 Å². The van der Waals surface area contributed by atoms with Crippen molar-refractivity contribution in [2.75, 3.05) is 13.2 Å². The molecule has 0 bridgehead atoms. The van der Waals surface area contributed by atoms with Crippen LogP contribution < -0.4 is 20.9 Å². The van der Waals surface area contributed by atoms with E-state index in [0.717, 1.165) is 12.1 Å². The van der Waals surface area contributed by atoms with Gasteiger partial charge in [-0.05, 0) is 57.5 Å². The molecule has 0 aliphatic carbocycles. The molecule has 230 valence electrons. The number of pyridine rings is 1. The van der Waals surface area contributed by atoms with Crippen LogP contribution in [0.5, 0.6) is 5.75 Å². The lowest BCUT2D eigenvalue weighted by Crippen LogP contribution is -2.41. The highest BCUT2D eigenvalue weighted by atomic mass is 35.5. The number of amides is 2. The Morgan fingerprint density at radius 2 is 1.86 bits per heavy atom. The number of aromatic nitrogens is 1. The summed E-state index contributed by atoms with van der Waals surface area (Å²) in [5.41, 5.74) is 6.27.